The van der Waals surface area contributed by atoms with Crippen LogP contribution in [0.15, 0.2) is 0 Å². The molecule has 4 fully saturated rings. The van der Waals surface area contributed by atoms with Gasteiger partial charge in [0.2, 0.25) is 0 Å². The average Bonchev–Trinajstić information content (AvgIpc) is 3.10. The largest absolute Gasteiger partial charge is 0.444 e. The molecule has 11 heteroatoms. The zero-order valence-electron chi connectivity index (χ0n) is 35.5. The molecule has 2 aliphatic carbocycles. The monoisotopic (exact) mass is 753 g/mol. The van der Waals surface area contributed by atoms with Crippen molar-refractivity contribution >= 4 is 18.5 Å². The van der Waals surface area contributed by atoms with Crippen LogP contribution in [-0.2, 0) is 14.3 Å². The third-order valence-corrected chi connectivity index (χ3v) is 11.6. The number of likely N-dealkylation sites (tertiary alicyclic amines) is 2. The lowest BCUT2D eigenvalue weighted by molar-refractivity contribution is -0.123. The maximum Gasteiger partial charge on any atom is 0.410 e. The van der Waals surface area contributed by atoms with E-state index in [9.17, 15) is 19.5 Å². The molecule has 0 aromatic rings. The van der Waals surface area contributed by atoms with Gasteiger partial charge in [0.05, 0.1) is 13.2 Å². The molecule has 310 valence electrons. The fraction of sp³-hybridized carbons (Fsp3) is 0.929. The lowest BCUT2D eigenvalue weighted by Crippen LogP contribution is -2.55. The first-order valence-corrected chi connectivity index (χ1v) is 20.7. The summed E-state index contributed by atoms with van der Waals surface area (Å²) in [6.45, 7) is 23.0. The van der Waals surface area contributed by atoms with Crippen LogP contribution in [0.5, 0.6) is 0 Å². The van der Waals surface area contributed by atoms with Gasteiger partial charge < -0.3 is 45.3 Å². The summed E-state index contributed by atoms with van der Waals surface area (Å²) in [6, 6.07) is 0. The molecule has 0 unspecified atom stereocenters. The van der Waals surface area contributed by atoms with Gasteiger partial charge in [0.1, 0.15) is 17.5 Å². The van der Waals surface area contributed by atoms with Gasteiger partial charge in [-0.05, 0) is 138 Å². The number of amides is 2. The second kappa shape index (κ2) is 20.3. The zero-order chi connectivity index (χ0) is 40.1. The van der Waals surface area contributed by atoms with E-state index in [-0.39, 0.29) is 41.8 Å². The maximum absolute atomic E-state index is 12.4. The minimum absolute atomic E-state index is 0.0486. The molecule has 11 nitrogen and oxygen atoms in total. The second-order valence-electron chi connectivity index (χ2n) is 19.9. The number of aliphatic hydroxyl groups is 2. The van der Waals surface area contributed by atoms with Gasteiger partial charge in [-0.15, -0.1) is 0 Å². The van der Waals surface area contributed by atoms with E-state index in [1.54, 1.807) is 18.7 Å². The number of aliphatic hydroxyl groups excluding tert-OH is 2. The van der Waals surface area contributed by atoms with Crippen molar-refractivity contribution in [3.05, 3.63) is 0 Å². The molecule has 0 aromatic carbocycles. The molecule has 0 spiro atoms. The molecule has 53 heavy (non-hydrogen) atoms. The van der Waals surface area contributed by atoms with E-state index in [0.29, 0.717) is 19.0 Å². The summed E-state index contributed by atoms with van der Waals surface area (Å²) in [6.07, 6.45) is 17.1. The third kappa shape index (κ3) is 16.4. The minimum Gasteiger partial charge on any atom is -0.444 e. The predicted molar refractivity (Wildman–Crippen MR) is 213 cm³/mol. The SMILES string of the molecule is CC(C)(C)OC(=O)N1CCC(C=O)(C2CCCCC2)CC1.CC(C)(CO)NCC1(C2CCCCC2)CCN(C(=O)OC(C)(C)C)CC1.CC(C)(N)CO. The van der Waals surface area contributed by atoms with E-state index in [0.717, 1.165) is 51.2 Å². The fourth-order valence-corrected chi connectivity index (χ4v) is 8.11. The molecule has 0 aromatic heterocycles. The summed E-state index contributed by atoms with van der Waals surface area (Å²) in [5.74, 6) is 1.24. The molecule has 2 saturated heterocycles. The number of nitrogens with one attached hydrogen (secondary N) is 1. The van der Waals surface area contributed by atoms with Crippen LogP contribution in [-0.4, -0.2) is 107 Å². The smallest absolute Gasteiger partial charge is 0.410 e. The Bertz CT molecular complexity index is 1100. The Morgan fingerprint density at radius 2 is 1.06 bits per heavy atom. The molecular weight excluding hydrogens is 672 g/mol. The van der Waals surface area contributed by atoms with E-state index >= 15 is 0 Å². The molecular formula is C42H80N4O7. The van der Waals surface area contributed by atoms with Crippen LogP contribution in [0, 0.1) is 22.7 Å². The number of nitrogens with zero attached hydrogens (tertiary/aromatic N) is 2. The molecule has 2 aliphatic heterocycles. The van der Waals surface area contributed by atoms with Crippen molar-refractivity contribution in [2.24, 2.45) is 28.4 Å². The molecule has 0 atom stereocenters. The van der Waals surface area contributed by atoms with Crippen molar-refractivity contribution in [1.29, 1.82) is 0 Å². The molecule has 4 aliphatic rings. The van der Waals surface area contributed by atoms with E-state index < -0.39 is 16.7 Å². The van der Waals surface area contributed by atoms with Gasteiger partial charge in [0.15, 0.2) is 0 Å². The Balaban J connectivity index is 0.000000323. The highest BCUT2D eigenvalue weighted by atomic mass is 16.6. The van der Waals surface area contributed by atoms with Crippen LogP contribution in [0.25, 0.3) is 0 Å². The summed E-state index contributed by atoms with van der Waals surface area (Å²) in [7, 11) is 0. The highest BCUT2D eigenvalue weighted by Gasteiger charge is 2.44. The lowest BCUT2D eigenvalue weighted by atomic mass is 9.63. The van der Waals surface area contributed by atoms with Crippen molar-refractivity contribution in [2.75, 3.05) is 45.9 Å². The quantitative estimate of drug-likeness (QED) is 0.185. The number of hydrogen-bond donors (Lipinski definition) is 4. The second-order valence-corrected chi connectivity index (χ2v) is 19.9. The lowest BCUT2D eigenvalue weighted by Gasteiger charge is -2.49. The number of nitrogens with two attached hydrogens (primary N) is 1. The third-order valence-electron chi connectivity index (χ3n) is 11.6. The van der Waals surface area contributed by atoms with E-state index in [1.807, 2.05) is 46.4 Å². The average molecular weight is 753 g/mol. The molecule has 4 rings (SSSR count). The van der Waals surface area contributed by atoms with Crippen LogP contribution in [0.2, 0.25) is 0 Å². The standard InChI is InChI=1S/C21H40N2O3.C17H29NO3.C4H11NO/c1-19(2,3)26-18(25)23-13-11-21(12-14-23,15-22-20(4,5)16-24)17-9-7-6-8-10-17;1-16(2,3)21-15(20)18-11-9-17(13-19,10-12-18)14-7-5-4-6-8-14;1-4(2,5)3-6/h17,22,24H,6-16H2,1-5H3;13-14H,4-12H2,1-3H3;6H,3,5H2,1-2H3. The number of carbonyl (C=O) groups excluding carboxylic acids is 3. The Kier molecular flexibility index (Phi) is 18.1. The summed E-state index contributed by atoms with van der Waals surface area (Å²) in [5.41, 5.74) is 3.75. The zero-order valence-corrected chi connectivity index (χ0v) is 35.5. The molecule has 0 bridgehead atoms. The van der Waals surface area contributed by atoms with Crippen molar-refractivity contribution < 1.29 is 34.1 Å². The number of aldehydes is 1. The molecule has 2 saturated carbocycles. The number of rotatable bonds is 8. The van der Waals surface area contributed by atoms with Crippen LogP contribution in [0.1, 0.15) is 159 Å². The van der Waals surface area contributed by atoms with E-state index in [2.05, 4.69) is 19.2 Å². The Labute approximate surface area is 322 Å². The highest BCUT2D eigenvalue weighted by molar-refractivity contribution is 5.69. The summed E-state index contributed by atoms with van der Waals surface area (Å²) < 4.78 is 11.0. The van der Waals surface area contributed by atoms with Crippen LogP contribution in [0.3, 0.4) is 0 Å². The van der Waals surface area contributed by atoms with Crippen LogP contribution in [0.4, 0.5) is 9.59 Å². The summed E-state index contributed by atoms with van der Waals surface area (Å²) >= 11 is 0. The van der Waals surface area contributed by atoms with Gasteiger partial charge in [0.25, 0.3) is 0 Å². The topological polar surface area (TPSA) is 155 Å². The van der Waals surface area contributed by atoms with Gasteiger partial charge in [-0.1, -0.05) is 38.5 Å². The number of piperidine rings is 2. The van der Waals surface area contributed by atoms with Crippen molar-refractivity contribution in [2.45, 2.75) is 181 Å². The first-order chi connectivity index (χ1) is 24.5. The molecule has 5 N–H and O–H groups in total. The van der Waals surface area contributed by atoms with Gasteiger partial charge in [-0.3, -0.25) is 0 Å². The minimum atomic E-state index is -0.459. The maximum atomic E-state index is 12.4. The van der Waals surface area contributed by atoms with E-state index in [4.69, 9.17) is 20.3 Å². The predicted octanol–water partition coefficient (Wildman–Crippen LogP) is 7.44. The Hall–Kier alpha value is -1.95. The molecule has 2 heterocycles. The van der Waals surface area contributed by atoms with Gasteiger partial charge in [-0.2, -0.15) is 0 Å². The molecule has 2 amide bonds. The van der Waals surface area contributed by atoms with Gasteiger partial charge in [0, 0.05) is 49.2 Å². The van der Waals surface area contributed by atoms with Crippen molar-refractivity contribution in [1.82, 2.24) is 15.1 Å². The van der Waals surface area contributed by atoms with Crippen molar-refractivity contribution in [3.63, 3.8) is 0 Å². The van der Waals surface area contributed by atoms with Crippen LogP contribution >= 0.6 is 0 Å². The number of ether oxygens (including phenoxy) is 2. The highest BCUT2D eigenvalue weighted by Crippen LogP contribution is 2.46. The Morgan fingerprint density at radius 3 is 1.40 bits per heavy atom. The van der Waals surface area contributed by atoms with Crippen molar-refractivity contribution in [3.8, 4) is 0 Å². The summed E-state index contributed by atoms with van der Waals surface area (Å²) in [4.78, 5) is 39.9. The number of hydrogen-bond acceptors (Lipinski definition) is 9. The van der Waals surface area contributed by atoms with Gasteiger partial charge in [-0.25, -0.2) is 9.59 Å². The first kappa shape index (κ1) is 47.2. The number of carbonyl (C=O) groups is 3. The normalized spacial score (nSPS) is 21.7. The summed E-state index contributed by atoms with van der Waals surface area (Å²) in [5, 5.41) is 21.5. The fourth-order valence-electron chi connectivity index (χ4n) is 8.11. The van der Waals surface area contributed by atoms with E-state index in [1.165, 1.54) is 70.5 Å². The Morgan fingerprint density at radius 1 is 0.679 bits per heavy atom. The van der Waals surface area contributed by atoms with Crippen LogP contribution < -0.4 is 11.1 Å². The molecule has 0 radical (unpaired) electrons. The van der Waals surface area contributed by atoms with Gasteiger partial charge >= 0.3 is 12.2 Å². The first-order valence-electron chi connectivity index (χ1n) is 20.7.